The maximum absolute atomic E-state index is 12.5. The van der Waals surface area contributed by atoms with Crippen LogP contribution in [0.5, 0.6) is 0 Å². The number of tetrazole rings is 1. The van der Waals surface area contributed by atoms with Crippen molar-refractivity contribution in [1.29, 1.82) is 0 Å². The van der Waals surface area contributed by atoms with Crippen molar-refractivity contribution in [3.05, 3.63) is 36.2 Å². The van der Waals surface area contributed by atoms with Crippen LogP contribution < -0.4 is 5.32 Å². The number of aromatic amines is 1. The Kier molecular flexibility index (Phi) is 6.39. The molecule has 2 atom stereocenters. The topological polar surface area (TPSA) is 83.6 Å². The highest BCUT2D eigenvalue weighted by Gasteiger charge is 2.23. The first kappa shape index (κ1) is 16.5. The van der Waals surface area contributed by atoms with Gasteiger partial charge < -0.3 is 5.32 Å². The first-order chi connectivity index (χ1) is 10.7. The zero-order valence-corrected chi connectivity index (χ0v) is 13.6. The van der Waals surface area contributed by atoms with E-state index in [2.05, 4.69) is 32.9 Å². The summed E-state index contributed by atoms with van der Waals surface area (Å²) >= 11 is 1.58. The molecule has 0 aliphatic heterocycles. The van der Waals surface area contributed by atoms with Crippen LogP contribution in [-0.2, 0) is 4.79 Å². The van der Waals surface area contributed by atoms with Crippen molar-refractivity contribution in [3.8, 4) is 0 Å². The van der Waals surface area contributed by atoms with Crippen molar-refractivity contribution < 1.29 is 4.79 Å². The van der Waals surface area contributed by atoms with Crippen LogP contribution in [0.1, 0.15) is 45.0 Å². The molecule has 0 spiro atoms. The van der Waals surface area contributed by atoms with Crippen molar-refractivity contribution >= 4 is 17.7 Å². The molecule has 6 nitrogen and oxygen atoms in total. The highest BCUT2D eigenvalue weighted by Crippen LogP contribution is 2.26. The Morgan fingerprint density at radius 3 is 2.68 bits per heavy atom. The van der Waals surface area contributed by atoms with Crippen LogP contribution in [0.4, 0.5) is 0 Å². The number of hydrogen-bond acceptors (Lipinski definition) is 5. The van der Waals surface area contributed by atoms with Crippen molar-refractivity contribution in [2.75, 3.05) is 0 Å². The number of carbonyl (C=O) groups is 1. The van der Waals surface area contributed by atoms with Gasteiger partial charge in [0.15, 0.2) is 5.82 Å². The molecule has 0 aliphatic carbocycles. The van der Waals surface area contributed by atoms with E-state index in [0.29, 0.717) is 5.82 Å². The third kappa shape index (κ3) is 4.56. The molecule has 1 heterocycles. The fourth-order valence-corrected chi connectivity index (χ4v) is 3.11. The van der Waals surface area contributed by atoms with Crippen molar-refractivity contribution in [2.24, 2.45) is 0 Å². The molecule has 1 aromatic carbocycles. The molecule has 0 bridgehead atoms. The highest BCUT2D eigenvalue weighted by molar-refractivity contribution is 8.00. The Bertz CT molecular complexity index is 561. The van der Waals surface area contributed by atoms with Gasteiger partial charge in [-0.25, -0.2) is 0 Å². The molecule has 1 amide bonds. The van der Waals surface area contributed by atoms with Crippen LogP contribution in [0.3, 0.4) is 0 Å². The molecule has 0 fully saturated rings. The first-order valence-electron chi connectivity index (χ1n) is 7.50. The summed E-state index contributed by atoms with van der Waals surface area (Å²) in [6.45, 7) is 4.08. The lowest BCUT2D eigenvalue weighted by Gasteiger charge is -2.19. The Hall–Kier alpha value is -1.89. The number of amides is 1. The van der Waals surface area contributed by atoms with Crippen LogP contribution in [0.2, 0.25) is 0 Å². The lowest BCUT2D eigenvalue weighted by Crippen LogP contribution is -2.36. The summed E-state index contributed by atoms with van der Waals surface area (Å²) in [5, 5.41) is 16.9. The summed E-state index contributed by atoms with van der Waals surface area (Å²) < 4.78 is 0. The van der Waals surface area contributed by atoms with Crippen molar-refractivity contribution in [1.82, 2.24) is 25.9 Å². The average Bonchev–Trinajstić information content (AvgIpc) is 3.07. The third-order valence-corrected chi connectivity index (χ3v) is 4.63. The van der Waals surface area contributed by atoms with Crippen molar-refractivity contribution in [3.63, 3.8) is 0 Å². The summed E-state index contributed by atoms with van der Waals surface area (Å²) in [5.41, 5.74) is 0. The van der Waals surface area contributed by atoms with Gasteiger partial charge in [-0.1, -0.05) is 43.7 Å². The number of H-pyrrole nitrogens is 1. The molecule has 118 valence electrons. The normalized spacial score (nSPS) is 13.5. The summed E-state index contributed by atoms with van der Waals surface area (Å²) in [5.74, 6) is 0.550. The van der Waals surface area contributed by atoms with E-state index >= 15 is 0 Å². The second-order valence-electron chi connectivity index (χ2n) is 4.95. The number of hydrogen-bond donors (Lipinski definition) is 2. The number of benzene rings is 1. The second kappa shape index (κ2) is 8.53. The smallest absolute Gasteiger partial charge is 0.234 e. The van der Waals surface area contributed by atoms with Crippen LogP contribution in [0, 0.1) is 0 Å². The van der Waals surface area contributed by atoms with Crippen LogP contribution in [-0.4, -0.2) is 31.8 Å². The maximum Gasteiger partial charge on any atom is 0.234 e. The van der Waals surface area contributed by atoms with Gasteiger partial charge in [-0.05, 0) is 25.0 Å². The van der Waals surface area contributed by atoms with Gasteiger partial charge in [-0.15, -0.1) is 22.0 Å². The van der Waals surface area contributed by atoms with Crippen LogP contribution in [0.25, 0.3) is 0 Å². The lowest BCUT2D eigenvalue weighted by atomic mass is 10.1. The molecule has 2 aromatic rings. The standard InChI is InChI=1S/C15H21N5OS/c1-3-8-12(14-17-19-20-18-14)16-15(21)13(4-2)22-11-9-6-5-7-10-11/h5-7,9-10,12-13H,3-4,8H2,1-2H3,(H,16,21)(H,17,18,19,20). The van der Waals surface area contributed by atoms with E-state index in [0.717, 1.165) is 24.2 Å². The van der Waals surface area contributed by atoms with E-state index in [4.69, 9.17) is 0 Å². The zero-order chi connectivity index (χ0) is 15.8. The fraction of sp³-hybridized carbons (Fsp3) is 0.467. The highest BCUT2D eigenvalue weighted by atomic mass is 32.2. The lowest BCUT2D eigenvalue weighted by molar-refractivity contribution is -0.121. The minimum absolute atomic E-state index is 0.0135. The number of nitrogens with zero attached hydrogens (tertiary/aromatic N) is 3. The van der Waals surface area contributed by atoms with Gasteiger partial charge in [0.2, 0.25) is 5.91 Å². The largest absolute Gasteiger partial charge is 0.345 e. The SMILES string of the molecule is CCCC(NC(=O)C(CC)Sc1ccccc1)c1nn[nH]n1. The van der Waals surface area contributed by atoms with Crippen LogP contribution >= 0.6 is 11.8 Å². The predicted octanol–water partition coefficient (Wildman–Crippen LogP) is 2.73. The summed E-state index contributed by atoms with van der Waals surface area (Å²) in [4.78, 5) is 13.6. The van der Waals surface area contributed by atoms with Gasteiger partial charge in [-0.3, -0.25) is 4.79 Å². The van der Waals surface area contributed by atoms with Gasteiger partial charge >= 0.3 is 0 Å². The molecule has 2 unspecified atom stereocenters. The van der Waals surface area contributed by atoms with Gasteiger partial charge in [0.1, 0.15) is 0 Å². The number of rotatable bonds is 8. The van der Waals surface area contributed by atoms with Crippen LogP contribution in [0.15, 0.2) is 35.2 Å². The minimum Gasteiger partial charge on any atom is -0.345 e. The molecule has 1 aromatic heterocycles. The number of thioether (sulfide) groups is 1. The van der Waals surface area contributed by atoms with E-state index in [1.165, 1.54) is 0 Å². The molecule has 0 saturated carbocycles. The fourth-order valence-electron chi connectivity index (χ4n) is 2.12. The number of carbonyl (C=O) groups excluding carboxylic acids is 1. The molecule has 0 radical (unpaired) electrons. The van der Waals surface area contributed by atoms with Gasteiger partial charge in [0.25, 0.3) is 0 Å². The van der Waals surface area contributed by atoms with Gasteiger partial charge in [0, 0.05) is 4.90 Å². The van der Waals surface area contributed by atoms with E-state index in [1.54, 1.807) is 11.8 Å². The quantitative estimate of drug-likeness (QED) is 0.731. The number of aromatic nitrogens is 4. The first-order valence-corrected chi connectivity index (χ1v) is 8.38. The predicted molar refractivity (Wildman–Crippen MR) is 86.3 cm³/mol. The molecule has 0 saturated heterocycles. The van der Waals surface area contributed by atoms with E-state index in [9.17, 15) is 4.79 Å². The molecule has 7 heteroatoms. The van der Waals surface area contributed by atoms with Gasteiger partial charge in [-0.2, -0.15) is 5.21 Å². The molecule has 2 rings (SSSR count). The Morgan fingerprint density at radius 1 is 1.32 bits per heavy atom. The Morgan fingerprint density at radius 2 is 2.09 bits per heavy atom. The Balaban J connectivity index is 2.01. The maximum atomic E-state index is 12.5. The zero-order valence-electron chi connectivity index (χ0n) is 12.8. The summed E-state index contributed by atoms with van der Waals surface area (Å²) in [6.07, 6.45) is 2.48. The summed E-state index contributed by atoms with van der Waals surface area (Å²) in [6, 6.07) is 9.77. The molecular formula is C15H21N5OS. The van der Waals surface area contributed by atoms with Gasteiger partial charge in [0.05, 0.1) is 11.3 Å². The Labute approximate surface area is 134 Å². The third-order valence-electron chi connectivity index (χ3n) is 3.25. The average molecular weight is 319 g/mol. The van der Waals surface area contributed by atoms with E-state index in [-0.39, 0.29) is 17.2 Å². The van der Waals surface area contributed by atoms with Crippen molar-refractivity contribution in [2.45, 2.75) is 49.3 Å². The molecule has 22 heavy (non-hydrogen) atoms. The monoisotopic (exact) mass is 319 g/mol. The molecule has 0 aliphatic rings. The summed E-state index contributed by atoms with van der Waals surface area (Å²) in [7, 11) is 0. The van der Waals surface area contributed by atoms with E-state index < -0.39 is 0 Å². The van der Waals surface area contributed by atoms with E-state index in [1.807, 2.05) is 37.3 Å². The molecular weight excluding hydrogens is 298 g/mol. The minimum atomic E-state index is -0.193. The second-order valence-corrected chi connectivity index (χ2v) is 6.22. The number of nitrogens with one attached hydrogen (secondary N) is 2. The molecule has 2 N–H and O–H groups in total.